The number of hydrogen-bond acceptors (Lipinski definition) is 4. The third-order valence-corrected chi connectivity index (χ3v) is 3.48. The second-order valence-electron chi connectivity index (χ2n) is 4.16. The van der Waals surface area contributed by atoms with Crippen LogP contribution >= 0.6 is 11.8 Å². The Morgan fingerprint density at radius 3 is 2.55 bits per heavy atom. The number of nitrogens with one attached hydrogen (secondary N) is 1. The molecule has 0 spiro atoms. The molecule has 0 aliphatic heterocycles. The molecule has 114 valence electrons. The predicted octanol–water partition coefficient (Wildman–Crippen LogP) is 2.79. The molecule has 1 amide bonds. The highest BCUT2D eigenvalue weighted by atomic mass is 32.2. The first kappa shape index (κ1) is 15.9. The van der Waals surface area contributed by atoms with Gasteiger partial charge in [0.1, 0.15) is 0 Å². The molecule has 22 heavy (non-hydrogen) atoms. The third kappa shape index (κ3) is 4.26. The minimum absolute atomic E-state index is 0.00157. The molecule has 0 aliphatic rings. The van der Waals surface area contributed by atoms with E-state index in [1.54, 1.807) is 0 Å². The van der Waals surface area contributed by atoms with Crippen molar-refractivity contribution < 1.29 is 23.5 Å². The van der Waals surface area contributed by atoms with Crippen molar-refractivity contribution >= 4 is 29.3 Å². The van der Waals surface area contributed by atoms with E-state index in [0.717, 1.165) is 23.9 Å². The van der Waals surface area contributed by atoms with E-state index in [1.165, 1.54) is 24.4 Å². The molecule has 2 N–H and O–H groups in total. The summed E-state index contributed by atoms with van der Waals surface area (Å²) in [4.78, 5) is 26.2. The number of hydrogen-bond donors (Lipinski definition) is 2. The number of carboxylic acids is 1. The van der Waals surface area contributed by atoms with Gasteiger partial charge in [-0.1, -0.05) is 11.8 Å². The fourth-order valence-corrected chi connectivity index (χ4v) is 2.15. The molecule has 5 nitrogen and oxygen atoms in total. The van der Waals surface area contributed by atoms with Crippen molar-refractivity contribution in [1.82, 2.24) is 4.98 Å². The summed E-state index contributed by atoms with van der Waals surface area (Å²) in [6.07, 6.45) is 1.19. The Balaban J connectivity index is 1.89. The van der Waals surface area contributed by atoms with Gasteiger partial charge in [0.25, 0.3) is 0 Å². The van der Waals surface area contributed by atoms with Crippen molar-refractivity contribution in [1.29, 1.82) is 0 Å². The Labute approximate surface area is 128 Å². The van der Waals surface area contributed by atoms with Gasteiger partial charge in [0.05, 0.1) is 16.3 Å². The van der Waals surface area contributed by atoms with Crippen LogP contribution in [0.5, 0.6) is 0 Å². The van der Waals surface area contributed by atoms with E-state index in [9.17, 15) is 18.4 Å². The van der Waals surface area contributed by atoms with E-state index in [1.807, 2.05) is 0 Å². The summed E-state index contributed by atoms with van der Waals surface area (Å²) in [5.41, 5.74) is 0.203. The number of benzene rings is 1. The van der Waals surface area contributed by atoms with Gasteiger partial charge in [-0.05, 0) is 24.3 Å². The minimum atomic E-state index is -1.08. The zero-order valence-corrected chi connectivity index (χ0v) is 11.9. The van der Waals surface area contributed by atoms with Gasteiger partial charge < -0.3 is 10.4 Å². The molecule has 1 aromatic carbocycles. The van der Waals surface area contributed by atoms with E-state index < -0.39 is 23.5 Å². The van der Waals surface area contributed by atoms with E-state index in [4.69, 9.17) is 5.11 Å². The summed E-state index contributed by atoms with van der Waals surface area (Å²) in [6, 6.07) is 5.92. The van der Waals surface area contributed by atoms with Crippen LogP contribution in [0.4, 0.5) is 14.5 Å². The van der Waals surface area contributed by atoms with Gasteiger partial charge >= 0.3 is 5.97 Å². The lowest BCUT2D eigenvalue weighted by Gasteiger charge is -2.05. The van der Waals surface area contributed by atoms with Crippen LogP contribution in [-0.4, -0.2) is 27.7 Å². The monoisotopic (exact) mass is 324 g/mol. The van der Waals surface area contributed by atoms with Crippen LogP contribution in [0.2, 0.25) is 0 Å². The summed E-state index contributed by atoms with van der Waals surface area (Å²) >= 11 is 1.09. The maximum absolute atomic E-state index is 13.0. The van der Waals surface area contributed by atoms with Crippen LogP contribution in [0.3, 0.4) is 0 Å². The number of carbonyl (C=O) groups is 2. The van der Waals surface area contributed by atoms with Crippen LogP contribution in [0.1, 0.15) is 10.4 Å². The summed E-state index contributed by atoms with van der Waals surface area (Å²) in [7, 11) is 0. The molecule has 0 radical (unpaired) electrons. The Morgan fingerprint density at radius 1 is 1.18 bits per heavy atom. The number of halogens is 2. The highest BCUT2D eigenvalue weighted by molar-refractivity contribution is 7.99. The molecule has 0 bridgehead atoms. The Morgan fingerprint density at radius 2 is 1.95 bits per heavy atom. The number of amides is 1. The van der Waals surface area contributed by atoms with Gasteiger partial charge in [-0.25, -0.2) is 18.6 Å². The SMILES string of the molecule is O=C(CSc1ccc(C(=O)O)cn1)Nc1ccc(F)c(F)c1. The maximum atomic E-state index is 13.0. The molecule has 2 aromatic rings. The number of aromatic nitrogens is 1. The molecular weight excluding hydrogens is 314 g/mol. The van der Waals surface area contributed by atoms with Gasteiger partial charge in [-0.15, -0.1) is 0 Å². The predicted molar refractivity (Wildman–Crippen MR) is 76.9 cm³/mol. The van der Waals surface area contributed by atoms with E-state index in [2.05, 4.69) is 10.3 Å². The Bertz CT molecular complexity index is 708. The third-order valence-electron chi connectivity index (χ3n) is 2.54. The lowest BCUT2D eigenvalue weighted by molar-refractivity contribution is -0.113. The number of thioether (sulfide) groups is 1. The van der Waals surface area contributed by atoms with Gasteiger partial charge in [0.15, 0.2) is 11.6 Å². The fourth-order valence-electron chi connectivity index (χ4n) is 1.50. The summed E-state index contributed by atoms with van der Waals surface area (Å²) in [6.45, 7) is 0. The number of carboxylic acid groups (broad SMARTS) is 1. The van der Waals surface area contributed by atoms with Crippen molar-refractivity contribution in [2.75, 3.05) is 11.1 Å². The summed E-state index contributed by atoms with van der Waals surface area (Å²) < 4.78 is 25.7. The molecule has 0 saturated heterocycles. The molecule has 0 unspecified atom stereocenters. The second kappa shape index (κ2) is 6.99. The van der Waals surface area contributed by atoms with Crippen molar-refractivity contribution in [3.05, 3.63) is 53.7 Å². The van der Waals surface area contributed by atoms with Crippen molar-refractivity contribution in [3.8, 4) is 0 Å². The molecule has 0 atom stereocenters. The van der Waals surface area contributed by atoms with Crippen molar-refractivity contribution in [3.63, 3.8) is 0 Å². The van der Waals surface area contributed by atoms with Crippen LogP contribution < -0.4 is 5.32 Å². The van der Waals surface area contributed by atoms with Crippen LogP contribution in [0.25, 0.3) is 0 Å². The summed E-state index contributed by atoms with van der Waals surface area (Å²) in [5, 5.41) is 11.6. The number of rotatable bonds is 5. The smallest absolute Gasteiger partial charge is 0.337 e. The minimum Gasteiger partial charge on any atom is -0.478 e. The van der Waals surface area contributed by atoms with Gasteiger partial charge in [0.2, 0.25) is 5.91 Å². The molecule has 8 heteroatoms. The molecule has 0 saturated carbocycles. The van der Waals surface area contributed by atoms with Gasteiger partial charge in [0, 0.05) is 18.0 Å². The van der Waals surface area contributed by atoms with Gasteiger partial charge in [-0.2, -0.15) is 0 Å². The van der Waals surface area contributed by atoms with Crippen LogP contribution in [-0.2, 0) is 4.79 Å². The van der Waals surface area contributed by atoms with E-state index in [0.29, 0.717) is 5.03 Å². The largest absolute Gasteiger partial charge is 0.478 e. The van der Waals surface area contributed by atoms with E-state index >= 15 is 0 Å². The first-order chi connectivity index (χ1) is 10.5. The van der Waals surface area contributed by atoms with Crippen molar-refractivity contribution in [2.45, 2.75) is 5.03 Å². The number of anilines is 1. The molecule has 0 aliphatic carbocycles. The number of pyridine rings is 1. The zero-order valence-electron chi connectivity index (χ0n) is 11.0. The normalized spacial score (nSPS) is 10.3. The van der Waals surface area contributed by atoms with E-state index in [-0.39, 0.29) is 17.0 Å². The Hall–Kier alpha value is -2.48. The molecular formula is C14H10F2N2O3S. The standard InChI is InChI=1S/C14H10F2N2O3S/c15-10-3-2-9(5-11(10)16)18-12(19)7-22-13-4-1-8(6-17-13)14(20)21/h1-6H,7H2,(H,18,19)(H,20,21). The molecule has 2 rings (SSSR count). The number of nitrogens with zero attached hydrogens (tertiary/aromatic N) is 1. The quantitative estimate of drug-likeness (QED) is 0.827. The van der Waals surface area contributed by atoms with Crippen molar-refractivity contribution in [2.24, 2.45) is 0 Å². The lowest BCUT2D eigenvalue weighted by atomic mass is 10.3. The highest BCUT2D eigenvalue weighted by Gasteiger charge is 2.08. The molecule has 1 heterocycles. The summed E-state index contributed by atoms with van der Waals surface area (Å²) in [5.74, 6) is -3.54. The maximum Gasteiger partial charge on any atom is 0.337 e. The topological polar surface area (TPSA) is 79.3 Å². The Kier molecular flexibility index (Phi) is 5.05. The van der Waals surface area contributed by atoms with Crippen LogP contribution in [0, 0.1) is 11.6 Å². The molecule has 0 fully saturated rings. The fraction of sp³-hybridized carbons (Fsp3) is 0.0714. The number of carbonyl (C=O) groups excluding carboxylic acids is 1. The first-order valence-corrected chi connectivity index (χ1v) is 7.01. The van der Waals surface area contributed by atoms with Crippen LogP contribution in [0.15, 0.2) is 41.6 Å². The first-order valence-electron chi connectivity index (χ1n) is 6.03. The zero-order chi connectivity index (χ0) is 16.1. The highest BCUT2D eigenvalue weighted by Crippen LogP contribution is 2.17. The average Bonchev–Trinajstić information content (AvgIpc) is 2.49. The average molecular weight is 324 g/mol. The molecule has 1 aromatic heterocycles. The lowest BCUT2D eigenvalue weighted by Crippen LogP contribution is -2.14. The number of aromatic carboxylic acids is 1. The second-order valence-corrected chi connectivity index (χ2v) is 5.15. The van der Waals surface area contributed by atoms with Gasteiger partial charge in [-0.3, -0.25) is 4.79 Å².